The Bertz CT molecular complexity index is 468. The Hall–Kier alpha value is -1.87. The quantitative estimate of drug-likeness (QED) is 0.878. The van der Waals surface area contributed by atoms with Gasteiger partial charge in [0, 0.05) is 6.20 Å². The Morgan fingerprint density at radius 3 is 2.56 bits per heavy atom. The molecule has 1 aromatic carbocycles. The number of pyridine rings is 1. The van der Waals surface area contributed by atoms with Crippen LogP contribution >= 0.6 is 0 Å². The van der Waals surface area contributed by atoms with Crippen molar-refractivity contribution >= 4 is 0 Å². The number of hydrogen-bond donors (Lipinski definition) is 1. The second-order valence-electron chi connectivity index (χ2n) is 4.16. The molecule has 0 amide bonds. The molecule has 0 radical (unpaired) electrons. The highest BCUT2D eigenvalue weighted by Crippen LogP contribution is 2.18. The lowest BCUT2D eigenvalue weighted by Gasteiger charge is -2.10. The van der Waals surface area contributed by atoms with Gasteiger partial charge in [-0.2, -0.15) is 0 Å². The number of benzene rings is 1. The van der Waals surface area contributed by atoms with Crippen LogP contribution in [0.15, 0.2) is 48.7 Å². The maximum absolute atomic E-state index is 10.00. The first-order chi connectivity index (χ1) is 8.79. The Labute approximate surface area is 107 Å². The molecule has 0 aliphatic heterocycles. The molecular formula is C15H17NO2. The number of aryl methyl sites for hydroxylation is 1. The average Bonchev–Trinajstić information content (AvgIpc) is 2.46. The van der Waals surface area contributed by atoms with Gasteiger partial charge in [0.1, 0.15) is 5.75 Å². The molecule has 1 unspecified atom stereocenters. The third-order valence-electron chi connectivity index (χ3n) is 2.89. The molecule has 1 aromatic heterocycles. The van der Waals surface area contributed by atoms with Crippen molar-refractivity contribution in [2.75, 3.05) is 7.11 Å². The zero-order valence-electron chi connectivity index (χ0n) is 10.4. The van der Waals surface area contributed by atoms with E-state index in [1.165, 1.54) is 5.56 Å². The van der Waals surface area contributed by atoms with Crippen LogP contribution in [0.3, 0.4) is 0 Å². The monoisotopic (exact) mass is 243 g/mol. The van der Waals surface area contributed by atoms with E-state index in [0.717, 1.165) is 17.9 Å². The highest BCUT2D eigenvalue weighted by atomic mass is 16.5. The third-order valence-corrected chi connectivity index (χ3v) is 2.89. The minimum atomic E-state index is -0.506. The molecule has 18 heavy (non-hydrogen) atoms. The van der Waals surface area contributed by atoms with Gasteiger partial charge in [-0.1, -0.05) is 18.2 Å². The van der Waals surface area contributed by atoms with Gasteiger partial charge in [-0.3, -0.25) is 4.98 Å². The van der Waals surface area contributed by atoms with Crippen LogP contribution in [0.4, 0.5) is 0 Å². The van der Waals surface area contributed by atoms with Crippen molar-refractivity contribution in [3.63, 3.8) is 0 Å². The van der Waals surface area contributed by atoms with Gasteiger partial charge in [0.15, 0.2) is 0 Å². The molecule has 2 rings (SSSR count). The molecule has 0 saturated heterocycles. The SMILES string of the molecule is COc1ccc(CCC(O)c2ccccn2)cc1. The van der Waals surface area contributed by atoms with E-state index in [4.69, 9.17) is 4.74 Å². The van der Waals surface area contributed by atoms with Gasteiger partial charge in [0.25, 0.3) is 0 Å². The van der Waals surface area contributed by atoms with E-state index in [2.05, 4.69) is 4.98 Å². The molecular weight excluding hydrogens is 226 g/mol. The number of hydrogen-bond acceptors (Lipinski definition) is 3. The van der Waals surface area contributed by atoms with Crippen molar-refractivity contribution in [3.05, 3.63) is 59.9 Å². The molecule has 3 nitrogen and oxygen atoms in total. The summed E-state index contributed by atoms with van der Waals surface area (Å²) in [6.45, 7) is 0. The maximum atomic E-state index is 10.00. The summed E-state index contributed by atoms with van der Waals surface area (Å²) in [5.74, 6) is 0.851. The summed E-state index contributed by atoms with van der Waals surface area (Å²) >= 11 is 0. The number of aliphatic hydroxyl groups excluding tert-OH is 1. The van der Waals surface area contributed by atoms with Gasteiger partial charge in [-0.15, -0.1) is 0 Å². The van der Waals surface area contributed by atoms with E-state index < -0.39 is 6.10 Å². The van der Waals surface area contributed by atoms with Gasteiger partial charge in [-0.05, 0) is 42.7 Å². The second-order valence-corrected chi connectivity index (χ2v) is 4.16. The van der Waals surface area contributed by atoms with E-state index >= 15 is 0 Å². The van der Waals surface area contributed by atoms with Gasteiger partial charge >= 0.3 is 0 Å². The summed E-state index contributed by atoms with van der Waals surface area (Å²) in [4.78, 5) is 4.15. The lowest BCUT2D eigenvalue weighted by molar-refractivity contribution is 0.163. The lowest BCUT2D eigenvalue weighted by Crippen LogP contribution is -2.01. The van der Waals surface area contributed by atoms with Crippen molar-refractivity contribution in [1.29, 1.82) is 0 Å². The maximum Gasteiger partial charge on any atom is 0.118 e. The number of rotatable bonds is 5. The minimum absolute atomic E-state index is 0.506. The van der Waals surface area contributed by atoms with E-state index in [1.807, 2.05) is 42.5 Å². The highest BCUT2D eigenvalue weighted by molar-refractivity contribution is 5.27. The molecule has 0 saturated carbocycles. The summed E-state index contributed by atoms with van der Waals surface area (Å²) in [5, 5.41) is 10.00. The summed E-state index contributed by atoms with van der Waals surface area (Å²) < 4.78 is 5.10. The fraction of sp³-hybridized carbons (Fsp3) is 0.267. The van der Waals surface area contributed by atoms with Crippen LogP contribution in [0.2, 0.25) is 0 Å². The highest BCUT2D eigenvalue weighted by Gasteiger charge is 2.08. The predicted molar refractivity (Wildman–Crippen MR) is 70.5 cm³/mol. The number of methoxy groups -OCH3 is 1. The average molecular weight is 243 g/mol. The second kappa shape index (κ2) is 6.17. The Kier molecular flexibility index (Phi) is 4.31. The smallest absolute Gasteiger partial charge is 0.118 e. The molecule has 0 aliphatic rings. The van der Waals surface area contributed by atoms with E-state index in [1.54, 1.807) is 13.3 Å². The van der Waals surface area contributed by atoms with Crippen molar-refractivity contribution in [1.82, 2.24) is 4.98 Å². The Balaban J connectivity index is 1.91. The van der Waals surface area contributed by atoms with Crippen LogP contribution in [-0.4, -0.2) is 17.2 Å². The molecule has 0 bridgehead atoms. The first-order valence-electron chi connectivity index (χ1n) is 6.01. The Morgan fingerprint density at radius 1 is 1.17 bits per heavy atom. The summed E-state index contributed by atoms with van der Waals surface area (Å²) in [6.07, 6.45) is 2.69. The van der Waals surface area contributed by atoms with Gasteiger partial charge in [0.2, 0.25) is 0 Å². The first kappa shape index (κ1) is 12.6. The van der Waals surface area contributed by atoms with Crippen LogP contribution in [-0.2, 0) is 6.42 Å². The van der Waals surface area contributed by atoms with Crippen LogP contribution in [0, 0.1) is 0 Å². The van der Waals surface area contributed by atoms with Gasteiger partial charge < -0.3 is 9.84 Å². The number of nitrogens with zero attached hydrogens (tertiary/aromatic N) is 1. The summed E-state index contributed by atoms with van der Waals surface area (Å²) in [7, 11) is 1.65. The molecule has 0 aliphatic carbocycles. The fourth-order valence-electron chi connectivity index (χ4n) is 1.82. The summed E-state index contributed by atoms with van der Waals surface area (Å²) in [6, 6.07) is 13.5. The third kappa shape index (κ3) is 3.31. The zero-order valence-corrected chi connectivity index (χ0v) is 10.4. The molecule has 1 N–H and O–H groups in total. The normalized spacial score (nSPS) is 12.1. The zero-order chi connectivity index (χ0) is 12.8. The van der Waals surface area contributed by atoms with Crippen molar-refractivity contribution in [2.24, 2.45) is 0 Å². The number of ether oxygens (including phenoxy) is 1. The largest absolute Gasteiger partial charge is 0.497 e. The standard InChI is InChI=1S/C15H17NO2/c1-18-13-8-5-12(6-9-13)7-10-15(17)14-4-2-3-11-16-14/h2-6,8-9,11,15,17H,7,10H2,1H3. The van der Waals surface area contributed by atoms with E-state index in [9.17, 15) is 5.11 Å². The molecule has 0 spiro atoms. The van der Waals surface area contributed by atoms with E-state index in [-0.39, 0.29) is 0 Å². The van der Waals surface area contributed by atoms with Crippen LogP contribution < -0.4 is 4.74 Å². The van der Waals surface area contributed by atoms with Crippen LogP contribution in [0.25, 0.3) is 0 Å². The molecule has 2 aromatic rings. The lowest BCUT2D eigenvalue weighted by atomic mass is 10.0. The number of aliphatic hydroxyl groups is 1. The summed E-state index contributed by atoms with van der Waals surface area (Å²) in [5.41, 5.74) is 1.91. The molecule has 94 valence electrons. The van der Waals surface area contributed by atoms with Crippen molar-refractivity contribution in [3.8, 4) is 5.75 Å². The first-order valence-corrected chi connectivity index (χ1v) is 6.01. The molecule has 1 heterocycles. The van der Waals surface area contributed by atoms with Gasteiger partial charge in [-0.25, -0.2) is 0 Å². The van der Waals surface area contributed by atoms with Crippen molar-refractivity contribution in [2.45, 2.75) is 18.9 Å². The van der Waals surface area contributed by atoms with E-state index in [0.29, 0.717) is 6.42 Å². The van der Waals surface area contributed by atoms with Crippen molar-refractivity contribution < 1.29 is 9.84 Å². The predicted octanol–water partition coefficient (Wildman–Crippen LogP) is 2.76. The number of aromatic nitrogens is 1. The molecule has 1 atom stereocenters. The van der Waals surface area contributed by atoms with Gasteiger partial charge in [0.05, 0.1) is 18.9 Å². The minimum Gasteiger partial charge on any atom is -0.497 e. The topological polar surface area (TPSA) is 42.4 Å². The fourth-order valence-corrected chi connectivity index (χ4v) is 1.82. The molecule has 3 heteroatoms. The van der Waals surface area contributed by atoms with Crippen LogP contribution in [0.1, 0.15) is 23.8 Å². The Morgan fingerprint density at radius 2 is 1.94 bits per heavy atom. The van der Waals surface area contributed by atoms with Crippen LogP contribution in [0.5, 0.6) is 5.75 Å². The molecule has 0 fully saturated rings.